The SMILES string of the molecule is CN1C(=O)c2ccc(C(=O)N(Cc3ccco3)Cc3cccs3)cc2C1=O. The van der Waals surface area contributed by atoms with Crippen molar-refractivity contribution in [2.24, 2.45) is 0 Å². The highest BCUT2D eigenvalue weighted by atomic mass is 32.1. The summed E-state index contributed by atoms with van der Waals surface area (Å²) in [5.74, 6) is -0.287. The van der Waals surface area contributed by atoms with Crippen molar-refractivity contribution in [3.63, 3.8) is 0 Å². The first-order valence-electron chi connectivity index (χ1n) is 8.35. The second kappa shape index (κ2) is 6.85. The molecule has 2 aromatic heterocycles. The maximum Gasteiger partial charge on any atom is 0.261 e. The lowest BCUT2D eigenvalue weighted by atomic mass is 10.0. The Bertz CT molecular complexity index is 973. The predicted octanol–water partition coefficient (Wildman–Crippen LogP) is 3.41. The number of carbonyl (C=O) groups is 3. The highest BCUT2D eigenvalue weighted by Crippen LogP contribution is 2.24. The van der Waals surface area contributed by atoms with Gasteiger partial charge < -0.3 is 9.32 Å². The number of imide groups is 1. The Balaban J connectivity index is 1.65. The van der Waals surface area contributed by atoms with Crippen LogP contribution in [0.4, 0.5) is 0 Å². The van der Waals surface area contributed by atoms with E-state index in [1.807, 2.05) is 23.6 Å². The van der Waals surface area contributed by atoms with Crippen LogP contribution in [0.1, 0.15) is 41.7 Å². The molecule has 3 heterocycles. The Hall–Kier alpha value is -3.19. The molecule has 0 saturated heterocycles. The maximum atomic E-state index is 13.1. The first-order valence-corrected chi connectivity index (χ1v) is 9.23. The van der Waals surface area contributed by atoms with Gasteiger partial charge in [-0.25, -0.2) is 0 Å². The Kier molecular flexibility index (Phi) is 4.37. The highest BCUT2D eigenvalue weighted by Gasteiger charge is 2.33. The van der Waals surface area contributed by atoms with Crippen LogP contribution >= 0.6 is 11.3 Å². The fourth-order valence-corrected chi connectivity index (χ4v) is 3.78. The van der Waals surface area contributed by atoms with Crippen LogP contribution in [0.5, 0.6) is 0 Å². The monoisotopic (exact) mass is 380 g/mol. The molecule has 0 saturated carbocycles. The molecule has 3 amide bonds. The molecule has 1 aliphatic heterocycles. The van der Waals surface area contributed by atoms with Crippen molar-refractivity contribution in [1.29, 1.82) is 0 Å². The first kappa shape index (κ1) is 17.2. The Morgan fingerprint density at radius 3 is 2.59 bits per heavy atom. The molecular weight excluding hydrogens is 364 g/mol. The number of nitrogens with zero attached hydrogens (tertiary/aromatic N) is 2. The Labute approximate surface area is 159 Å². The van der Waals surface area contributed by atoms with Gasteiger partial charge in [0, 0.05) is 17.5 Å². The summed E-state index contributed by atoms with van der Waals surface area (Å²) < 4.78 is 5.39. The zero-order valence-electron chi connectivity index (χ0n) is 14.5. The summed E-state index contributed by atoms with van der Waals surface area (Å²) in [6.07, 6.45) is 1.57. The lowest BCUT2D eigenvalue weighted by Gasteiger charge is -2.21. The molecule has 7 heteroatoms. The van der Waals surface area contributed by atoms with E-state index in [4.69, 9.17) is 4.42 Å². The molecule has 6 nitrogen and oxygen atoms in total. The third-order valence-corrected chi connectivity index (χ3v) is 5.34. The number of thiophene rings is 1. The summed E-state index contributed by atoms with van der Waals surface area (Å²) in [6.45, 7) is 0.745. The topological polar surface area (TPSA) is 70.8 Å². The van der Waals surface area contributed by atoms with Gasteiger partial charge in [-0.05, 0) is 41.8 Å². The van der Waals surface area contributed by atoms with Crippen molar-refractivity contribution < 1.29 is 18.8 Å². The zero-order chi connectivity index (χ0) is 19.0. The lowest BCUT2D eigenvalue weighted by Crippen LogP contribution is -2.30. The molecule has 4 rings (SSSR count). The molecule has 0 unspecified atom stereocenters. The van der Waals surface area contributed by atoms with Gasteiger partial charge in [0.1, 0.15) is 5.76 Å². The van der Waals surface area contributed by atoms with Gasteiger partial charge in [0.15, 0.2) is 0 Å². The number of benzene rings is 1. The van der Waals surface area contributed by atoms with E-state index in [1.54, 1.807) is 40.7 Å². The smallest absolute Gasteiger partial charge is 0.261 e. The van der Waals surface area contributed by atoms with Crippen LogP contribution in [-0.4, -0.2) is 34.6 Å². The number of carbonyl (C=O) groups excluding carboxylic acids is 3. The van der Waals surface area contributed by atoms with Crippen LogP contribution in [0.2, 0.25) is 0 Å². The van der Waals surface area contributed by atoms with E-state index in [-0.39, 0.29) is 23.3 Å². The van der Waals surface area contributed by atoms with Gasteiger partial charge in [-0.2, -0.15) is 0 Å². The van der Waals surface area contributed by atoms with Crippen molar-refractivity contribution in [3.8, 4) is 0 Å². The number of hydrogen-bond acceptors (Lipinski definition) is 5. The van der Waals surface area contributed by atoms with Gasteiger partial charge >= 0.3 is 0 Å². The van der Waals surface area contributed by atoms with Crippen LogP contribution in [-0.2, 0) is 13.1 Å². The summed E-state index contributed by atoms with van der Waals surface area (Å²) in [6, 6.07) is 12.1. The standard InChI is InChI=1S/C20H16N2O4S/c1-21-19(24)16-7-6-13(10-17(16)20(21)25)18(23)22(11-14-4-2-8-26-14)12-15-5-3-9-27-15/h2-10H,11-12H2,1H3. The van der Waals surface area contributed by atoms with Crippen LogP contribution in [0, 0.1) is 0 Å². The van der Waals surface area contributed by atoms with Gasteiger partial charge in [0.2, 0.25) is 0 Å². The lowest BCUT2D eigenvalue weighted by molar-refractivity contribution is 0.0691. The summed E-state index contributed by atoms with van der Waals surface area (Å²) in [7, 11) is 1.44. The van der Waals surface area contributed by atoms with E-state index in [9.17, 15) is 14.4 Å². The molecule has 0 aliphatic carbocycles. The number of rotatable bonds is 5. The normalized spacial score (nSPS) is 13.1. The van der Waals surface area contributed by atoms with Gasteiger partial charge in [-0.3, -0.25) is 19.3 Å². The van der Waals surface area contributed by atoms with Gasteiger partial charge in [-0.1, -0.05) is 6.07 Å². The molecule has 136 valence electrons. The average Bonchev–Trinajstić information content (AvgIpc) is 3.42. The minimum Gasteiger partial charge on any atom is -0.467 e. The van der Waals surface area contributed by atoms with Gasteiger partial charge in [-0.15, -0.1) is 11.3 Å². The first-order chi connectivity index (χ1) is 13.0. The minimum atomic E-state index is -0.388. The van der Waals surface area contributed by atoms with Crippen molar-refractivity contribution in [1.82, 2.24) is 9.80 Å². The molecule has 1 aromatic carbocycles. The summed E-state index contributed by atoms with van der Waals surface area (Å²) in [5.41, 5.74) is 0.964. The van der Waals surface area contributed by atoms with Crippen LogP contribution in [0.25, 0.3) is 0 Å². The van der Waals surface area contributed by atoms with Gasteiger partial charge in [0.05, 0.1) is 30.5 Å². The van der Waals surface area contributed by atoms with E-state index in [1.165, 1.54) is 13.1 Å². The summed E-state index contributed by atoms with van der Waals surface area (Å²) >= 11 is 1.57. The number of amides is 3. The second-order valence-corrected chi connectivity index (χ2v) is 7.28. The second-order valence-electron chi connectivity index (χ2n) is 6.25. The molecule has 27 heavy (non-hydrogen) atoms. The average molecular weight is 380 g/mol. The van der Waals surface area contributed by atoms with Crippen molar-refractivity contribution >= 4 is 29.1 Å². The third kappa shape index (κ3) is 3.17. The van der Waals surface area contributed by atoms with Crippen LogP contribution in [0.3, 0.4) is 0 Å². The molecular formula is C20H16N2O4S. The molecule has 0 fully saturated rings. The van der Waals surface area contributed by atoms with E-state index in [0.717, 1.165) is 9.78 Å². The molecule has 0 spiro atoms. The van der Waals surface area contributed by atoms with E-state index in [0.29, 0.717) is 30.0 Å². The largest absolute Gasteiger partial charge is 0.467 e. The van der Waals surface area contributed by atoms with E-state index < -0.39 is 0 Å². The Morgan fingerprint density at radius 1 is 1.07 bits per heavy atom. The number of hydrogen-bond donors (Lipinski definition) is 0. The quantitative estimate of drug-likeness (QED) is 0.636. The highest BCUT2D eigenvalue weighted by molar-refractivity contribution is 7.09. The van der Waals surface area contributed by atoms with Crippen LogP contribution in [0.15, 0.2) is 58.5 Å². The maximum absolute atomic E-state index is 13.1. The van der Waals surface area contributed by atoms with Crippen LogP contribution < -0.4 is 0 Å². The zero-order valence-corrected chi connectivity index (χ0v) is 15.4. The fourth-order valence-electron chi connectivity index (χ4n) is 3.06. The van der Waals surface area contributed by atoms with E-state index in [2.05, 4.69) is 0 Å². The summed E-state index contributed by atoms with van der Waals surface area (Å²) in [5, 5.41) is 1.96. The molecule has 0 atom stereocenters. The summed E-state index contributed by atoms with van der Waals surface area (Å²) in [4.78, 5) is 41.2. The Morgan fingerprint density at radius 2 is 1.89 bits per heavy atom. The van der Waals surface area contributed by atoms with Crippen molar-refractivity contribution in [3.05, 3.63) is 81.4 Å². The minimum absolute atomic E-state index is 0.225. The number of fused-ring (bicyclic) bond motifs is 1. The molecule has 0 N–H and O–H groups in total. The number of furan rings is 1. The predicted molar refractivity (Wildman–Crippen MR) is 99.5 cm³/mol. The molecule has 0 bridgehead atoms. The molecule has 0 radical (unpaired) electrons. The van der Waals surface area contributed by atoms with Crippen molar-refractivity contribution in [2.45, 2.75) is 13.1 Å². The fraction of sp³-hybridized carbons (Fsp3) is 0.150. The third-order valence-electron chi connectivity index (χ3n) is 4.48. The van der Waals surface area contributed by atoms with E-state index >= 15 is 0 Å². The molecule has 1 aliphatic rings. The molecule has 3 aromatic rings. The van der Waals surface area contributed by atoms with Crippen molar-refractivity contribution in [2.75, 3.05) is 7.05 Å². The van der Waals surface area contributed by atoms with Gasteiger partial charge in [0.25, 0.3) is 17.7 Å².